The van der Waals surface area contributed by atoms with Gasteiger partial charge in [0.15, 0.2) is 0 Å². The first-order chi connectivity index (χ1) is 18.0. The molecule has 7 heteroatoms. The van der Waals surface area contributed by atoms with Crippen LogP contribution in [0.15, 0.2) is 54.7 Å². The molecule has 1 atom stereocenters. The van der Waals surface area contributed by atoms with Crippen LogP contribution in [0, 0.1) is 0 Å². The minimum atomic E-state index is -0.623. The molecule has 0 saturated carbocycles. The van der Waals surface area contributed by atoms with E-state index in [1.165, 1.54) is 5.69 Å². The van der Waals surface area contributed by atoms with Crippen molar-refractivity contribution in [1.82, 2.24) is 15.1 Å². The van der Waals surface area contributed by atoms with Gasteiger partial charge in [-0.25, -0.2) is 0 Å². The molecule has 0 spiro atoms. The maximum atomic E-state index is 13.0. The third-order valence-electron chi connectivity index (χ3n) is 7.19. The molecule has 37 heavy (non-hydrogen) atoms. The predicted octanol–water partition coefficient (Wildman–Crippen LogP) is 3.26. The minimum absolute atomic E-state index is 0.119. The van der Waals surface area contributed by atoms with Gasteiger partial charge in [0.2, 0.25) is 0 Å². The van der Waals surface area contributed by atoms with Crippen LogP contribution in [-0.4, -0.2) is 99.5 Å². The lowest BCUT2D eigenvalue weighted by molar-refractivity contribution is 0.0861. The third-order valence-corrected chi connectivity index (χ3v) is 7.19. The number of ether oxygens (including phenoxy) is 1. The first-order valence-corrected chi connectivity index (χ1v) is 13.8. The molecule has 2 heterocycles. The second kappa shape index (κ2) is 15.7. The van der Waals surface area contributed by atoms with Crippen molar-refractivity contribution < 1.29 is 14.6 Å². The number of allylic oxidation sites excluding steroid dienone is 3. The highest BCUT2D eigenvalue weighted by atomic mass is 16.5. The Morgan fingerprint density at radius 3 is 2.81 bits per heavy atom. The van der Waals surface area contributed by atoms with E-state index < -0.39 is 6.10 Å². The Morgan fingerprint density at radius 1 is 1.14 bits per heavy atom. The molecule has 2 aliphatic rings. The highest BCUT2D eigenvalue weighted by molar-refractivity contribution is 5.96. The molecule has 1 aromatic carbocycles. The molecular weight excluding hydrogens is 464 g/mol. The molecule has 1 aromatic rings. The van der Waals surface area contributed by atoms with E-state index in [0.717, 1.165) is 89.2 Å². The maximum Gasteiger partial charge on any atom is 0.251 e. The zero-order valence-electron chi connectivity index (χ0n) is 22.8. The Morgan fingerprint density at radius 2 is 2.00 bits per heavy atom. The number of aliphatic hydroxyl groups excluding tert-OH is 1. The number of methoxy groups -OCH3 is 1. The lowest BCUT2D eigenvalue weighted by Crippen LogP contribution is -2.41. The Balaban J connectivity index is 1.53. The van der Waals surface area contributed by atoms with E-state index in [-0.39, 0.29) is 12.5 Å². The Labute approximate surface area is 223 Å². The molecule has 204 valence electrons. The number of nitrogens with one attached hydrogen (secondary N) is 1. The van der Waals surface area contributed by atoms with Gasteiger partial charge in [-0.2, -0.15) is 0 Å². The highest BCUT2D eigenvalue weighted by Gasteiger charge is 2.19. The maximum absolute atomic E-state index is 13.0. The van der Waals surface area contributed by atoms with Crippen molar-refractivity contribution in [1.29, 1.82) is 0 Å². The van der Waals surface area contributed by atoms with E-state index in [0.29, 0.717) is 12.1 Å². The fraction of sp³-hybridized carbons (Fsp3) is 0.567. The van der Waals surface area contributed by atoms with Gasteiger partial charge in [-0.05, 0) is 56.0 Å². The van der Waals surface area contributed by atoms with Crippen LogP contribution in [0.4, 0.5) is 5.69 Å². The van der Waals surface area contributed by atoms with Gasteiger partial charge in [-0.3, -0.25) is 9.69 Å². The molecule has 1 fully saturated rings. The Hall–Kier alpha value is -2.45. The average Bonchev–Trinajstić information content (AvgIpc) is 3.16. The van der Waals surface area contributed by atoms with Crippen LogP contribution < -0.4 is 10.2 Å². The van der Waals surface area contributed by atoms with Gasteiger partial charge in [-0.15, -0.1) is 0 Å². The van der Waals surface area contributed by atoms with E-state index in [2.05, 4.69) is 51.7 Å². The number of aliphatic hydroxyl groups is 1. The number of rotatable bonds is 10. The fourth-order valence-electron chi connectivity index (χ4n) is 4.94. The van der Waals surface area contributed by atoms with Gasteiger partial charge >= 0.3 is 0 Å². The van der Waals surface area contributed by atoms with Gasteiger partial charge in [0, 0.05) is 70.7 Å². The quantitative estimate of drug-likeness (QED) is 0.504. The van der Waals surface area contributed by atoms with Crippen LogP contribution in [0.25, 0.3) is 0 Å². The summed E-state index contributed by atoms with van der Waals surface area (Å²) in [6.45, 7) is 14.5. The van der Waals surface area contributed by atoms with E-state index in [9.17, 15) is 9.90 Å². The van der Waals surface area contributed by atoms with Crippen LogP contribution in [0.3, 0.4) is 0 Å². The summed E-state index contributed by atoms with van der Waals surface area (Å²) in [6.07, 6.45) is 11.3. The van der Waals surface area contributed by atoms with Gasteiger partial charge in [-0.1, -0.05) is 43.4 Å². The predicted molar refractivity (Wildman–Crippen MR) is 152 cm³/mol. The monoisotopic (exact) mass is 510 g/mol. The summed E-state index contributed by atoms with van der Waals surface area (Å²) in [4.78, 5) is 20.2. The van der Waals surface area contributed by atoms with Crippen LogP contribution in [-0.2, 0) is 11.2 Å². The van der Waals surface area contributed by atoms with E-state index in [1.54, 1.807) is 7.11 Å². The van der Waals surface area contributed by atoms with Crippen molar-refractivity contribution in [3.63, 3.8) is 0 Å². The summed E-state index contributed by atoms with van der Waals surface area (Å²) in [5.74, 6) is -0.119. The Kier molecular flexibility index (Phi) is 12.4. The SMILES string of the molecule is C=C1/C=C\C=C/CCN(CC(O)CNC(=O)c2ccc(N3CCCN(CCOC)CC3)cc2CC)CC1. The number of benzene rings is 1. The molecule has 0 bridgehead atoms. The number of carbonyl (C=O) groups excluding carboxylic acids is 1. The molecular formula is C30H46N4O3. The van der Waals surface area contributed by atoms with Crippen molar-refractivity contribution in [3.8, 4) is 0 Å². The topological polar surface area (TPSA) is 68.3 Å². The fourth-order valence-corrected chi connectivity index (χ4v) is 4.94. The molecule has 2 aliphatic heterocycles. The number of β-amino-alcohol motifs (C(OH)–C–C–N with tert-alkyl or cyclic N) is 1. The molecule has 7 nitrogen and oxygen atoms in total. The lowest BCUT2D eigenvalue weighted by Gasteiger charge is -2.26. The van der Waals surface area contributed by atoms with Crippen molar-refractivity contribution in [3.05, 3.63) is 65.8 Å². The summed E-state index contributed by atoms with van der Waals surface area (Å²) in [5, 5.41) is 13.6. The number of aryl methyl sites for hydroxylation is 1. The molecule has 0 aliphatic carbocycles. The standard InChI is InChI=1S/C30H46N4O3/c1-4-26-22-27(34-16-9-15-32(18-19-34)20-21-37-3)11-12-29(26)30(36)31-23-28(35)24-33-14-8-6-5-7-10-25(2)13-17-33/h5-7,10-12,22,28,35H,2,4,8-9,13-21,23-24H2,1,3H3,(H,31,36)/b6-5-,10-7-. The summed E-state index contributed by atoms with van der Waals surface area (Å²) in [5.41, 5.74) is 4.00. The normalized spacial score (nSPS) is 20.7. The molecule has 0 radical (unpaired) electrons. The van der Waals surface area contributed by atoms with E-state index in [4.69, 9.17) is 4.74 Å². The number of amides is 1. The first kappa shape index (κ1) is 29.1. The van der Waals surface area contributed by atoms with E-state index >= 15 is 0 Å². The lowest BCUT2D eigenvalue weighted by atomic mass is 10.0. The highest BCUT2D eigenvalue weighted by Crippen LogP contribution is 2.22. The van der Waals surface area contributed by atoms with Crippen LogP contribution in [0.5, 0.6) is 0 Å². The first-order valence-electron chi connectivity index (χ1n) is 13.8. The number of nitrogens with zero attached hydrogens (tertiary/aromatic N) is 3. The number of carbonyl (C=O) groups is 1. The van der Waals surface area contributed by atoms with Crippen LogP contribution in [0.2, 0.25) is 0 Å². The molecule has 3 rings (SSSR count). The second-order valence-electron chi connectivity index (χ2n) is 10.0. The second-order valence-corrected chi connectivity index (χ2v) is 10.0. The zero-order chi connectivity index (χ0) is 26.5. The van der Waals surface area contributed by atoms with Crippen molar-refractivity contribution in [2.75, 3.05) is 77.5 Å². The van der Waals surface area contributed by atoms with Crippen LogP contribution >= 0.6 is 0 Å². The number of anilines is 1. The smallest absolute Gasteiger partial charge is 0.251 e. The van der Waals surface area contributed by atoms with E-state index in [1.807, 2.05) is 24.3 Å². The number of hydrogen-bond donors (Lipinski definition) is 2. The molecule has 1 saturated heterocycles. The zero-order valence-corrected chi connectivity index (χ0v) is 22.8. The summed E-state index contributed by atoms with van der Waals surface area (Å²) in [7, 11) is 1.75. The molecule has 1 amide bonds. The van der Waals surface area contributed by atoms with Crippen molar-refractivity contribution in [2.24, 2.45) is 0 Å². The van der Waals surface area contributed by atoms with Gasteiger partial charge < -0.3 is 25.0 Å². The molecule has 1 unspecified atom stereocenters. The minimum Gasteiger partial charge on any atom is -0.390 e. The summed E-state index contributed by atoms with van der Waals surface area (Å²) >= 11 is 0. The molecule has 0 aromatic heterocycles. The van der Waals surface area contributed by atoms with Crippen LogP contribution in [0.1, 0.15) is 42.1 Å². The van der Waals surface area contributed by atoms with Crippen molar-refractivity contribution >= 4 is 11.6 Å². The molecule has 2 N–H and O–H groups in total. The number of hydrogen-bond acceptors (Lipinski definition) is 6. The Bertz CT molecular complexity index is 929. The average molecular weight is 511 g/mol. The van der Waals surface area contributed by atoms with Crippen molar-refractivity contribution in [2.45, 2.75) is 38.7 Å². The van der Waals surface area contributed by atoms with Gasteiger partial charge in [0.1, 0.15) is 0 Å². The largest absolute Gasteiger partial charge is 0.390 e. The van der Waals surface area contributed by atoms with Gasteiger partial charge in [0.05, 0.1) is 12.7 Å². The third kappa shape index (κ3) is 9.74. The summed E-state index contributed by atoms with van der Waals surface area (Å²) in [6, 6.07) is 6.17. The van der Waals surface area contributed by atoms with Gasteiger partial charge in [0.25, 0.3) is 5.91 Å². The summed E-state index contributed by atoms with van der Waals surface area (Å²) < 4.78 is 5.24.